The predicted octanol–water partition coefficient (Wildman–Crippen LogP) is 0.859. The first-order valence-corrected chi connectivity index (χ1v) is 8.38. The van der Waals surface area contributed by atoms with Gasteiger partial charge in [-0.25, -0.2) is 0 Å². The molecule has 0 radical (unpaired) electrons. The molecular formula is C14H24N2O5S. The van der Waals surface area contributed by atoms with Crippen molar-refractivity contribution in [1.29, 1.82) is 0 Å². The van der Waals surface area contributed by atoms with Gasteiger partial charge in [0.15, 0.2) is 0 Å². The highest BCUT2D eigenvalue weighted by atomic mass is 32.2. The second kappa shape index (κ2) is 7.36. The average molecular weight is 332 g/mol. The third kappa shape index (κ3) is 4.39. The number of rotatable bonds is 8. The maximum absolute atomic E-state index is 12.9. The van der Waals surface area contributed by atoms with Crippen LogP contribution in [0.15, 0.2) is 25.3 Å². The van der Waals surface area contributed by atoms with Gasteiger partial charge in [-0.1, -0.05) is 12.2 Å². The van der Waals surface area contributed by atoms with Crippen molar-refractivity contribution in [3.63, 3.8) is 0 Å². The van der Waals surface area contributed by atoms with Crippen LogP contribution in [0.25, 0.3) is 0 Å². The summed E-state index contributed by atoms with van der Waals surface area (Å²) in [5.74, 6) is -1.02. The average Bonchev–Trinajstić information content (AvgIpc) is 2.39. The molecule has 1 rings (SSSR count). The number of carboxylic acids is 1. The lowest BCUT2D eigenvalue weighted by Crippen LogP contribution is -2.61. The number of aliphatic carboxylic acids is 1. The maximum atomic E-state index is 12.9. The summed E-state index contributed by atoms with van der Waals surface area (Å²) < 4.78 is 33.8. The van der Waals surface area contributed by atoms with E-state index < -0.39 is 27.8 Å². The fraction of sp³-hybridized carbons (Fsp3) is 0.643. The summed E-state index contributed by atoms with van der Waals surface area (Å²) in [5, 5.41) is 8.88. The van der Waals surface area contributed by atoms with E-state index in [-0.39, 0.29) is 32.7 Å². The summed E-state index contributed by atoms with van der Waals surface area (Å²) >= 11 is 0. The Morgan fingerprint density at radius 2 is 1.95 bits per heavy atom. The van der Waals surface area contributed by atoms with Gasteiger partial charge in [-0.2, -0.15) is 17.0 Å². The van der Waals surface area contributed by atoms with Crippen LogP contribution >= 0.6 is 0 Å². The molecule has 0 aliphatic carbocycles. The Labute approximate surface area is 132 Å². The molecule has 7 nitrogen and oxygen atoms in total. The molecule has 126 valence electrons. The number of hydrogen-bond acceptors (Lipinski definition) is 4. The van der Waals surface area contributed by atoms with E-state index in [0.29, 0.717) is 0 Å². The van der Waals surface area contributed by atoms with E-state index in [2.05, 4.69) is 13.2 Å². The SMILES string of the molecule is C=CCN(CC=C)S(=O)(=O)N1CC(CC(=O)O)OCC1(C)C. The fourth-order valence-corrected chi connectivity index (χ4v) is 4.19. The Hall–Kier alpha value is -1.22. The topological polar surface area (TPSA) is 87.2 Å². The summed E-state index contributed by atoms with van der Waals surface area (Å²) in [4.78, 5) is 10.8. The van der Waals surface area contributed by atoms with Crippen molar-refractivity contribution in [2.75, 3.05) is 26.2 Å². The van der Waals surface area contributed by atoms with Crippen LogP contribution in [0, 0.1) is 0 Å². The molecule has 1 heterocycles. The molecule has 1 atom stereocenters. The van der Waals surface area contributed by atoms with Crippen LogP contribution in [0.1, 0.15) is 20.3 Å². The van der Waals surface area contributed by atoms with Gasteiger partial charge in [0.05, 0.1) is 24.7 Å². The lowest BCUT2D eigenvalue weighted by Gasteiger charge is -2.45. The van der Waals surface area contributed by atoms with Crippen LogP contribution in [-0.2, 0) is 19.7 Å². The minimum absolute atomic E-state index is 0.00637. The van der Waals surface area contributed by atoms with Crippen LogP contribution in [0.4, 0.5) is 0 Å². The molecule has 1 saturated heterocycles. The second-order valence-corrected chi connectivity index (χ2v) is 7.63. The molecule has 1 aliphatic heterocycles. The van der Waals surface area contributed by atoms with Gasteiger partial charge in [-0.15, -0.1) is 13.2 Å². The third-order valence-electron chi connectivity index (χ3n) is 3.39. The summed E-state index contributed by atoms with van der Waals surface area (Å²) in [7, 11) is -3.77. The number of carboxylic acid groups (broad SMARTS) is 1. The van der Waals surface area contributed by atoms with Crippen LogP contribution in [0.2, 0.25) is 0 Å². The highest BCUT2D eigenvalue weighted by Crippen LogP contribution is 2.28. The van der Waals surface area contributed by atoms with Gasteiger partial charge >= 0.3 is 5.97 Å². The van der Waals surface area contributed by atoms with Gasteiger partial charge in [-0.3, -0.25) is 4.79 Å². The molecular weight excluding hydrogens is 308 g/mol. The summed E-state index contributed by atoms with van der Waals surface area (Å²) in [6.07, 6.45) is 2.12. The van der Waals surface area contributed by atoms with Crippen LogP contribution < -0.4 is 0 Å². The Morgan fingerprint density at radius 3 is 2.41 bits per heavy atom. The quantitative estimate of drug-likeness (QED) is 0.666. The highest BCUT2D eigenvalue weighted by molar-refractivity contribution is 7.86. The minimum Gasteiger partial charge on any atom is -0.481 e. The van der Waals surface area contributed by atoms with Crippen molar-refractivity contribution in [2.45, 2.75) is 31.9 Å². The van der Waals surface area contributed by atoms with Gasteiger partial charge in [0, 0.05) is 19.6 Å². The van der Waals surface area contributed by atoms with Crippen molar-refractivity contribution in [2.24, 2.45) is 0 Å². The van der Waals surface area contributed by atoms with E-state index >= 15 is 0 Å². The van der Waals surface area contributed by atoms with Crippen molar-refractivity contribution in [3.8, 4) is 0 Å². The molecule has 0 aromatic heterocycles. The molecule has 0 amide bonds. The molecule has 22 heavy (non-hydrogen) atoms. The monoisotopic (exact) mass is 332 g/mol. The van der Waals surface area contributed by atoms with E-state index in [1.54, 1.807) is 13.8 Å². The molecule has 1 fully saturated rings. The molecule has 0 bridgehead atoms. The molecule has 0 spiro atoms. The lowest BCUT2D eigenvalue weighted by atomic mass is 10.0. The molecule has 1 aliphatic rings. The maximum Gasteiger partial charge on any atom is 0.306 e. The molecule has 8 heteroatoms. The first kappa shape index (κ1) is 18.8. The molecule has 0 aromatic carbocycles. The summed E-state index contributed by atoms with van der Waals surface area (Å²) in [6.45, 7) is 11.1. The summed E-state index contributed by atoms with van der Waals surface area (Å²) in [5.41, 5.74) is -0.756. The zero-order valence-electron chi connectivity index (χ0n) is 13.1. The van der Waals surface area contributed by atoms with Crippen LogP contribution in [-0.4, -0.2) is 66.0 Å². The fourth-order valence-electron chi connectivity index (χ4n) is 2.29. The van der Waals surface area contributed by atoms with Gasteiger partial charge in [0.25, 0.3) is 10.2 Å². The Bertz CT molecular complexity index is 519. The zero-order chi connectivity index (χ0) is 17.0. The molecule has 1 unspecified atom stereocenters. The lowest BCUT2D eigenvalue weighted by molar-refractivity contribution is -0.143. The molecule has 0 saturated carbocycles. The first-order chi connectivity index (χ1) is 10.1. The molecule has 0 aromatic rings. The zero-order valence-corrected chi connectivity index (χ0v) is 13.9. The standard InChI is InChI=1S/C14H24N2O5S/c1-5-7-15(8-6-2)22(19,20)16-10-12(9-13(17)18)21-11-14(16,3)4/h5-6,12H,1-2,7-11H2,3-4H3,(H,17,18). The third-order valence-corrected chi connectivity index (χ3v) is 5.54. The predicted molar refractivity (Wildman–Crippen MR) is 83.7 cm³/mol. The number of ether oxygens (including phenoxy) is 1. The van der Waals surface area contributed by atoms with Gasteiger partial charge in [-0.05, 0) is 13.8 Å². The normalized spacial score (nSPS) is 22.4. The molecule has 1 N–H and O–H groups in total. The van der Waals surface area contributed by atoms with E-state index in [9.17, 15) is 13.2 Å². The van der Waals surface area contributed by atoms with Crippen molar-refractivity contribution >= 4 is 16.2 Å². The Kier molecular flexibility index (Phi) is 6.30. The van der Waals surface area contributed by atoms with Crippen molar-refractivity contribution in [3.05, 3.63) is 25.3 Å². The minimum atomic E-state index is -3.77. The Morgan fingerprint density at radius 1 is 1.41 bits per heavy atom. The number of carbonyl (C=O) groups is 1. The second-order valence-electron chi connectivity index (χ2n) is 5.78. The first-order valence-electron chi connectivity index (χ1n) is 6.98. The van der Waals surface area contributed by atoms with E-state index in [1.165, 1.54) is 20.8 Å². The van der Waals surface area contributed by atoms with Gasteiger partial charge in [0.1, 0.15) is 0 Å². The van der Waals surface area contributed by atoms with Gasteiger partial charge < -0.3 is 9.84 Å². The van der Waals surface area contributed by atoms with E-state index in [0.717, 1.165) is 0 Å². The number of nitrogens with zero attached hydrogens (tertiary/aromatic N) is 2. The van der Waals surface area contributed by atoms with Crippen molar-refractivity contribution in [1.82, 2.24) is 8.61 Å². The number of morpholine rings is 1. The van der Waals surface area contributed by atoms with E-state index in [1.807, 2.05) is 0 Å². The van der Waals surface area contributed by atoms with Crippen molar-refractivity contribution < 1.29 is 23.1 Å². The van der Waals surface area contributed by atoms with Crippen LogP contribution in [0.5, 0.6) is 0 Å². The van der Waals surface area contributed by atoms with E-state index in [4.69, 9.17) is 9.84 Å². The Balaban J connectivity index is 3.07. The summed E-state index contributed by atoms with van der Waals surface area (Å²) in [6, 6.07) is 0. The number of hydrogen-bond donors (Lipinski definition) is 1. The largest absolute Gasteiger partial charge is 0.481 e. The smallest absolute Gasteiger partial charge is 0.306 e. The highest BCUT2D eigenvalue weighted by Gasteiger charge is 2.44. The van der Waals surface area contributed by atoms with Gasteiger partial charge in [0.2, 0.25) is 0 Å². The van der Waals surface area contributed by atoms with Crippen LogP contribution in [0.3, 0.4) is 0 Å².